The van der Waals surface area contributed by atoms with E-state index >= 15 is 0 Å². The van der Waals surface area contributed by atoms with Crippen molar-refractivity contribution < 1.29 is 13.8 Å². The highest BCUT2D eigenvalue weighted by atomic mass is 16.5. The van der Waals surface area contributed by atoms with Crippen LogP contribution in [0.5, 0.6) is 0 Å². The van der Waals surface area contributed by atoms with Crippen LogP contribution in [0, 0.1) is 0 Å². The third-order valence-electron chi connectivity index (χ3n) is 3.49. The molecule has 7 nitrogen and oxygen atoms in total. The molecule has 7 heteroatoms. The van der Waals surface area contributed by atoms with Gasteiger partial charge in [-0.2, -0.15) is 4.98 Å². The summed E-state index contributed by atoms with van der Waals surface area (Å²) < 4.78 is 16.0. The van der Waals surface area contributed by atoms with Gasteiger partial charge < -0.3 is 19.1 Å². The maximum absolute atomic E-state index is 5.40. The van der Waals surface area contributed by atoms with Gasteiger partial charge in [-0.3, -0.25) is 0 Å². The largest absolute Gasteiger partial charge is 0.378 e. The normalized spacial score (nSPS) is 19.1. The molecular formula is C14H14N4O3. The zero-order valence-corrected chi connectivity index (χ0v) is 11.3. The highest BCUT2D eigenvalue weighted by molar-refractivity contribution is 5.79. The second kappa shape index (κ2) is 5.27. The molecule has 1 unspecified atom stereocenters. The highest BCUT2D eigenvalue weighted by Crippen LogP contribution is 2.20. The van der Waals surface area contributed by atoms with Gasteiger partial charge in [-0.25, -0.2) is 0 Å². The van der Waals surface area contributed by atoms with Crippen molar-refractivity contribution in [3.63, 3.8) is 0 Å². The molecular weight excluding hydrogens is 272 g/mol. The summed E-state index contributed by atoms with van der Waals surface area (Å²) in [7, 11) is 0. The topological polar surface area (TPSA) is 86.2 Å². The van der Waals surface area contributed by atoms with E-state index in [-0.39, 0.29) is 6.04 Å². The zero-order valence-electron chi connectivity index (χ0n) is 11.3. The number of hydrogen-bond donors (Lipinski definition) is 1. The Morgan fingerprint density at radius 3 is 3.05 bits per heavy atom. The maximum atomic E-state index is 5.40. The molecule has 1 fully saturated rings. The van der Waals surface area contributed by atoms with Crippen molar-refractivity contribution >= 4 is 11.0 Å². The Morgan fingerprint density at radius 1 is 1.19 bits per heavy atom. The van der Waals surface area contributed by atoms with Crippen molar-refractivity contribution in [2.75, 3.05) is 19.8 Å². The lowest BCUT2D eigenvalue weighted by Crippen LogP contribution is -2.35. The first kappa shape index (κ1) is 12.5. The summed E-state index contributed by atoms with van der Waals surface area (Å²) in [4.78, 5) is 4.41. The molecule has 0 radical (unpaired) electrons. The molecule has 1 aliphatic rings. The number of ether oxygens (including phenoxy) is 1. The SMILES string of the molecule is c1ccc2c(Cc3nc(C4COCCN4)no3)noc2c1. The predicted octanol–water partition coefficient (Wildman–Crippen LogP) is 1.46. The molecule has 3 aromatic rings. The number of hydrogen-bond acceptors (Lipinski definition) is 7. The summed E-state index contributed by atoms with van der Waals surface area (Å²) >= 11 is 0. The first-order valence-electron chi connectivity index (χ1n) is 6.87. The Bertz CT molecular complexity index is 745. The molecule has 4 rings (SSSR count). The number of rotatable bonds is 3. The van der Waals surface area contributed by atoms with Gasteiger partial charge in [0.25, 0.3) is 0 Å². The van der Waals surface area contributed by atoms with Crippen LogP contribution in [-0.4, -0.2) is 35.1 Å². The third-order valence-corrected chi connectivity index (χ3v) is 3.49. The van der Waals surface area contributed by atoms with Crippen LogP contribution in [0.2, 0.25) is 0 Å². The van der Waals surface area contributed by atoms with Crippen LogP contribution in [0.25, 0.3) is 11.0 Å². The van der Waals surface area contributed by atoms with Gasteiger partial charge in [-0.1, -0.05) is 22.4 Å². The second-order valence-corrected chi connectivity index (χ2v) is 4.93. The molecule has 1 aliphatic heterocycles. The first-order valence-corrected chi connectivity index (χ1v) is 6.87. The number of benzene rings is 1. The Kier molecular flexibility index (Phi) is 3.13. The van der Waals surface area contributed by atoms with Gasteiger partial charge in [0.15, 0.2) is 11.4 Å². The summed E-state index contributed by atoms with van der Waals surface area (Å²) in [6, 6.07) is 7.71. The quantitative estimate of drug-likeness (QED) is 0.780. The van der Waals surface area contributed by atoms with E-state index in [2.05, 4.69) is 20.6 Å². The smallest absolute Gasteiger partial charge is 0.232 e. The molecule has 0 aliphatic carbocycles. The second-order valence-electron chi connectivity index (χ2n) is 4.93. The molecule has 108 valence electrons. The van der Waals surface area contributed by atoms with E-state index in [4.69, 9.17) is 13.8 Å². The maximum Gasteiger partial charge on any atom is 0.232 e. The van der Waals surface area contributed by atoms with E-state index in [0.29, 0.717) is 31.3 Å². The first-order chi connectivity index (χ1) is 10.4. The summed E-state index contributed by atoms with van der Waals surface area (Å²) in [6.07, 6.45) is 0.456. The van der Waals surface area contributed by atoms with Gasteiger partial charge in [0.2, 0.25) is 5.89 Å². The van der Waals surface area contributed by atoms with Gasteiger partial charge in [0.05, 0.1) is 25.7 Å². The van der Waals surface area contributed by atoms with Crippen molar-refractivity contribution in [1.82, 2.24) is 20.6 Å². The number of nitrogens with one attached hydrogen (secondary N) is 1. The monoisotopic (exact) mass is 286 g/mol. The van der Waals surface area contributed by atoms with Crippen LogP contribution in [0.3, 0.4) is 0 Å². The van der Waals surface area contributed by atoms with Gasteiger partial charge in [-0.05, 0) is 12.1 Å². The van der Waals surface area contributed by atoms with E-state index in [9.17, 15) is 0 Å². The number of morpholine rings is 1. The molecule has 1 N–H and O–H groups in total. The minimum absolute atomic E-state index is 0.00898. The number of para-hydroxylation sites is 1. The fourth-order valence-corrected chi connectivity index (χ4v) is 2.42. The van der Waals surface area contributed by atoms with Gasteiger partial charge in [0, 0.05) is 11.9 Å². The predicted molar refractivity (Wildman–Crippen MR) is 72.7 cm³/mol. The third kappa shape index (κ3) is 2.41. The number of nitrogens with zero attached hydrogens (tertiary/aromatic N) is 3. The minimum atomic E-state index is -0.00898. The van der Waals surface area contributed by atoms with E-state index in [1.54, 1.807) is 0 Å². The molecule has 21 heavy (non-hydrogen) atoms. The average molecular weight is 286 g/mol. The summed E-state index contributed by atoms with van der Waals surface area (Å²) in [5.74, 6) is 1.15. The Labute approximate surface area is 120 Å². The van der Waals surface area contributed by atoms with Crippen LogP contribution in [-0.2, 0) is 11.2 Å². The van der Waals surface area contributed by atoms with Gasteiger partial charge in [-0.15, -0.1) is 0 Å². The lowest BCUT2D eigenvalue weighted by Gasteiger charge is -2.20. The Hall–Kier alpha value is -2.25. The summed E-state index contributed by atoms with van der Waals surface area (Å²) in [5, 5.41) is 12.3. The van der Waals surface area contributed by atoms with Crippen LogP contribution in [0.4, 0.5) is 0 Å². The molecule has 1 atom stereocenters. The molecule has 0 amide bonds. The molecule has 2 aromatic heterocycles. The van der Waals surface area contributed by atoms with Crippen molar-refractivity contribution in [1.29, 1.82) is 0 Å². The molecule has 3 heterocycles. The van der Waals surface area contributed by atoms with Gasteiger partial charge in [0.1, 0.15) is 5.69 Å². The summed E-state index contributed by atoms with van der Waals surface area (Å²) in [6.45, 7) is 2.07. The van der Waals surface area contributed by atoms with Crippen molar-refractivity contribution in [2.45, 2.75) is 12.5 Å². The molecule has 0 bridgehead atoms. The molecule has 1 aromatic carbocycles. The fourth-order valence-electron chi connectivity index (χ4n) is 2.42. The van der Waals surface area contributed by atoms with Crippen molar-refractivity contribution in [2.24, 2.45) is 0 Å². The lowest BCUT2D eigenvalue weighted by atomic mass is 10.2. The van der Waals surface area contributed by atoms with Crippen LogP contribution in [0.1, 0.15) is 23.5 Å². The van der Waals surface area contributed by atoms with E-state index in [0.717, 1.165) is 23.2 Å². The van der Waals surface area contributed by atoms with E-state index < -0.39 is 0 Å². The number of aromatic nitrogens is 3. The highest BCUT2D eigenvalue weighted by Gasteiger charge is 2.21. The zero-order chi connectivity index (χ0) is 14.1. The lowest BCUT2D eigenvalue weighted by molar-refractivity contribution is 0.0734. The van der Waals surface area contributed by atoms with E-state index in [1.807, 2.05) is 24.3 Å². The Balaban J connectivity index is 1.56. The van der Waals surface area contributed by atoms with Crippen LogP contribution >= 0.6 is 0 Å². The molecule has 0 saturated carbocycles. The molecule has 0 spiro atoms. The van der Waals surface area contributed by atoms with Gasteiger partial charge >= 0.3 is 0 Å². The Morgan fingerprint density at radius 2 is 2.14 bits per heavy atom. The minimum Gasteiger partial charge on any atom is -0.378 e. The van der Waals surface area contributed by atoms with Crippen molar-refractivity contribution in [3.8, 4) is 0 Å². The number of fused-ring (bicyclic) bond motifs is 1. The van der Waals surface area contributed by atoms with Crippen molar-refractivity contribution in [3.05, 3.63) is 41.7 Å². The van der Waals surface area contributed by atoms with Crippen LogP contribution < -0.4 is 5.32 Å². The molecule has 1 saturated heterocycles. The summed E-state index contributed by atoms with van der Waals surface area (Å²) in [5.41, 5.74) is 1.56. The average Bonchev–Trinajstić information content (AvgIpc) is 3.17. The fraction of sp³-hybridized carbons (Fsp3) is 0.357. The standard InChI is InChI=1S/C14H14N4O3/c1-2-4-12-9(3-1)10(17-20-12)7-13-16-14(18-21-13)11-8-19-6-5-15-11/h1-4,11,15H,5-8H2. The van der Waals surface area contributed by atoms with Crippen LogP contribution in [0.15, 0.2) is 33.3 Å². The van der Waals surface area contributed by atoms with E-state index in [1.165, 1.54) is 0 Å².